The van der Waals surface area contributed by atoms with Gasteiger partial charge in [0.25, 0.3) is 0 Å². The molecule has 6 heteroatoms. The van der Waals surface area contributed by atoms with E-state index in [-0.39, 0.29) is 40.6 Å². The Bertz CT molecular complexity index is 791. The normalized spacial score (nSPS) is 52.5. The molecule has 2 N–H and O–H groups in total. The van der Waals surface area contributed by atoms with Crippen LogP contribution in [0.2, 0.25) is 0 Å². The van der Waals surface area contributed by atoms with E-state index in [4.69, 9.17) is 23.2 Å². The standard InChI is InChI=1S/C22H28Cl2O4/c1-11-6-13-14-8-16(23)15-7-12(26)4-5-21(15,3)22(14,24)18(28)9-20(13,2)19(11)17(27)10-25/h4-5,7,11,13-14,16,18-19,25,28H,6,8-10H2,1-3H3/t11-,13+,14+,16+,18+,19-,20+,21+,22+/m1/s1. The Hall–Kier alpha value is -0.680. The van der Waals surface area contributed by atoms with E-state index in [0.29, 0.717) is 12.8 Å². The van der Waals surface area contributed by atoms with Crippen LogP contribution in [0.15, 0.2) is 23.8 Å². The van der Waals surface area contributed by atoms with Crippen LogP contribution in [-0.2, 0) is 9.59 Å². The van der Waals surface area contributed by atoms with Gasteiger partial charge in [-0.1, -0.05) is 26.8 Å². The maximum atomic E-state index is 12.6. The molecular weight excluding hydrogens is 399 g/mol. The van der Waals surface area contributed by atoms with Crippen LogP contribution in [-0.4, -0.2) is 44.7 Å². The average Bonchev–Trinajstić information content (AvgIpc) is 2.89. The van der Waals surface area contributed by atoms with E-state index in [1.165, 1.54) is 6.08 Å². The third-order valence-corrected chi connectivity index (χ3v) is 9.81. The Balaban J connectivity index is 1.84. The lowest BCUT2D eigenvalue weighted by molar-refractivity contribution is -0.138. The van der Waals surface area contributed by atoms with Crippen molar-refractivity contribution in [1.29, 1.82) is 0 Å². The number of rotatable bonds is 2. The number of ketones is 2. The lowest BCUT2D eigenvalue weighted by Gasteiger charge is -2.64. The number of fused-ring (bicyclic) bond motifs is 5. The predicted molar refractivity (Wildman–Crippen MR) is 108 cm³/mol. The largest absolute Gasteiger partial charge is 0.391 e. The van der Waals surface area contributed by atoms with Gasteiger partial charge in [-0.05, 0) is 60.2 Å². The third kappa shape index (κ3) is 2.38. The summed E-state index contributed by atoms with van der Waals surface area (Å²) >= 11 is 14.1. The molecule has 0 unspecified atom stereocenters. The van der Waals surface area contributed by atoms with E-state index in [0.717, 1.165) is 12.0 Å². The molecule has 4 aliphatic rings. The van der Waals surface area contributed by atoms with Crippen LogP contribution < -0.4 is 0 Å². The molecule has 0 aromatic rings. The van der Waals surface area contributed by atoms with Gasteiger partial charge in [0.2, 0.25) is 0 Å². The molecule has 0 heterocycles. The van der Waals surface area contributed by atoms with Gasteiger partial charge in [0.1, 0.15) is 6.61 Å². The second kappa shape index (κ2) is 6.41. The molecule has 4 rings (SSSR count). The van der Waals surface area contributed by atoms with Crippen molar-refractivity contribution in [3.05, 3.63) is 23.8 Å². The summed E-state index contributed by atoms with van der Waals surface area (Å²) in [5.41, 5.74) is -0.366. The molecule has 0 spiro atoms. The van der Waals surface area contributed by atoms with Crippen LogP contribution in [0.1, 0.15) is 40.0 Å². The first-order valence-corrected chi connectivity index (χ1v) is 10.9. The molecule has 0 radical (unpaired) electrons. The minimum Gasteiger partial charge on any atom is -0.391 e. The summed E-state index contributed by atoms with van der Waals surface area (Å²) in [6, 6.07) is 0. The lowest BCUT2D eigenvalue weighted by atomic mass is 9.46. The van der Waals surface area contributed by atoms with Gasteiger partial charge in [-0.3, -0.25) is 9.59 Å². The summed E-state index contributed by atoms with van der Waals surface area (Å²) in [6.45, 7) is 5.61. The Labute approximate surface area is 176 Å². The van der Waals surface area contributed by atoms with E-state index in [9.17, 15) is 19.8 Å². The van der Waals surface area contributed by atoms with Gasteiger partial charge < -0.3 is 10.2 Å². The van der Waals surface area contributed by atoms with Gasteiger partial charge in [-0.25, -0.2) is 0 Å². The first-order valence-electron chi connectivity index (χ1n) is 10.1. The van der Waals surface area contributed by atoms with E-state index in [1.807, 2.05) is 13.0 Å². The van der Waals surface area contributed by atoms with E-state index in [2.05, 4.69) is 13.8 Å². The Kier molecular flexibility index (Phi) is 4.71. The van der Waals surface area contributed by atoms with Crippen molar-refractivity contribution in [2.75, 3.05) is 6.61 Å². The number of alkyl halides is 2. The Morgan fingerprint density at radius 2 is 1.96 bits per heavy atom. The molecule has 154 valence electrons. The number of halogens is 2. The van der Waals surface area contributed by atoms with Crippen molar-refractivity contribution in [1.82, 2.24) is 0 Å². The quantitative estimate of drug-likeness (QED) is 0.664. The maximum Gasteiger partial charge on any atom is 0.178 e. The predicted octanol–water partition coefficient (Wildman–Crippen LogP) is 3.27. The zero-order chi connectivity index (χ0) is 20.6. The molecule has 0 bridgehead atoms. The van der Waals surface area contributed by atoms with Gasteiger partial charge >= 0.3 is 0 Å². The minimum absolute atomic E-state index is 0.0932. The maximum absolute atomic E-state index is 12.6. The van der Waals surface area contributed by atoms with Crippen molar-refractivity contribution >= 4 is 34.8 Å². The molecule has 4 aliphatic carbocycles. The van der Waals surface area contributed by atoms with Crippen molar-refractivity contribution in [3.8, 4) is 0 Å². The van der Waals surface area contributed by atoms with Crippen LogP contribution in [0.5, 0.6) is 0 Å². The van der Waals surface area contributed by atoms with Crippen molar-refractivity contribution < 1.29 is 19.8 Å². The summed E-state index contributed by atoms with van der Waals surface area (Å²) in [4.78, 5) is 23.6. The van der Waals surface area contributed by atoms with E-state index in [1.54, 1.807) is 6.08 Å². The molecule has 4 nitrogen and oxygen atoms in total. The Morgan fingerprint density at radius 1 is 1.29 bits per heavy atom. The monoisotopic (exact) mass is 426 g/mol. The van der Waals surface area contributed by atoms with Gasteiger partial charge in [0.05, 0.1) is 16.4 Å². The van der Waals surface area contributed by atoms with Gasteiger partial charge in [0.15, 0.2) is 11.6 Å². The summed E-state index contributed by atoms with van der Waals surface area (Å²) < 4.78 is 0. The molecule has 0 aromatic carbocycles. The van der Waals surface area contributed by atoms with Crippen molar-refractivity contribution in [2.45, 2.75) is 56.4 Å². The average molecular weight is 427 g/mol. The van der Waals surface area contributed by atoms with Crippen LogP contribution in [0, 0.1) is 34.5 Å². The second-order valence-corrected chi connectivity index (χ2v) is 10.9. The number of carbonyl (C=O) groups is 2. The number of Topliss-reactive ketones (excluding diaryl/α,β-unsaturated/α-hetero) is 1. The van der Waals surface area contributed by atoms with E-state index >= 15 is 0 Å². The summed E-state index contributed by atoms with van der Waals surface area (Å²) in [5.74, 6) is -0.405. The highest BCUT2D eigenvalue weighted by molar-refractivity contribution is 6.28. The smallest absolute Gasteiger partial charge is 0.178 e. The van der Waals surface area contributed by atoms with Crippen molar-refractivity contribution in [3.63, 3.8) is 0 Å². The number of aliphatic hydroxyl groups excluding tert-OH is 2. The molecule has 0 aliphatic heterocycles. The highest BCUT2D eigenvalue weighted by atomic mass is 35.5. The van der Waals surface area contributed by atoms with Crippen LogP contribution >= 0.6 is 23.2 Å². The molecule has 0 aromatic heterocycles. The fourth-order valence-electron chi connectivity index (χ4n) is 7.36. The van der Waals surface area contributed by atoms with E-state index < -0.39 is 28.4 Å². The van der Waals surface area contributed by atoms with Gasteiger partial charge in [0, 0.05) is 11.3 Å². The highest BCUT2D eigenvalue weighted by Gasteiger charge is 2.71. The molecular formula is C22H28Cl2O4. The SMILES string of the molecule is C[C@@H]1C[C@H]2[C@@H]3C[C@H](Cl)C4=CC(=O)C=C[C@]4(C)[C@@]3(Cl)[C@@H](O)C[C@]2(C)[C@H]1C(=O)CO. The molecule has 28 heavy (non-hydrogen) atoms. The summed E-state index contributed by atoms with van der Waals surface area (Å²) in [6.07, 6.45) is 5.85. The topological polar surface area (TPSA) is 74.6 Å². The van der Waals surface area contributed by atoms with Crippen LogP contribution in [0.4, 0.5) is 0 Å². The number of carbonyl (C=O) groups excluding carboxylic acids is 2. The first-order chi connectivity index (χ1) is 13.0. The molecule has 9 atom stereocenters. The summed E-state index contributed by atoms with van der Waals surface area (Å²) in [5, 5.41) is 20.6. The highest BCUT2D eigenvalue weighted by Crippen LogP contribution is 2.70. The summed E-state index contributed by atoms with van der Waals surface area (Å²) in [7, 11) is 0. The fourth-order valence-corrected chi connectivity index (χ4v) is 8.33. The van der Waals surface area contributed by atoms with Crippen LogP contribution in [0.25, 0.3) is 0 Å². The molecule has 0 amide bonds. The second-order valence-electron chi connectivity index (χ2n) is 9.76. The van der Waals surface area contributed by atoms with Crippen molar-refractivity contribution in [2.24, 2.45) is 34.5 Å². The van der Waals surface area contributed by atoms with Gasteiger partial charge in [-0.2, -0.15) is 0 Å². The Morgan fingerprint density at radius 3 is 2.61 bits per heavy atom. The van der Waals surface area contributed by atoms with Crippen LogP contribution in [0.3, 0.4) is 0 Å². The number of aliphatic hydroxyl groups is 2. The molecule has 0 saturated heterocycles. The first kappa shape index (κ1) is 20.6. The molecule has 3 fully saturated rings. The third-order valence-electron chi connectivity index (χ3n) is 8.47. The number of hydrogen-bond donors (Lipinski definition) is 2. The molecule has 3 saturated carbocycles. The van der Waals surface area contributed by atoms with Gasteiger partial charge in [-0.15, -0.1) is 23.2 Å². The zero-order valence-corrected chi connectivity index (χ0v) is 18.0. The number of hydrogen-bond acceptors (Lipinski definition) is 4. The fraction of sp³-hybridized carbons (Fsp3) is 0.727. The number of allylic oxidation sites excluding steroid dienone is 4. The zero-order valence-electron chi connectivity index (χ0n) is 16.5. The minimum atomic E-state index is -0.984. The lowest BCUT2D eigenvalue weighted by Crippen LogP contribution is -2.67.